The van der Waals surface area contributed by atoms with E-state index < -0.39 is 18.1 Å². The Kier molecular flexibility index (Phi) is 15.0. The average Bonchev–Trinajstić information content (AvgIpc) is 4.20. The van der Waals surface area contributed by atoms with Gasteiger partial charge in [0, 0.05) is 125 Å². The Labute approximate surface area is 431 Å². The summed E-state index contributed by atoms with van der Waals surface area (Å²) in [6, 6.07) is 22.1. The molecule has 4 saturated heterocycles. The number of carbonyl (C=O) groups is 2. The first kappa shape index (κ1) is 50.3. The number of phenolic OH excluding ortho intramolecular Hbond substituents is 1. The number of likely N-dealkylation sites (tertiary alicyclic amines) is 1. The predicted molar refractivity (Wildman–Crippen MR) is 278 cm³/mol. The van der Waals surface area contributed by atoms with Crippen LogP contribution in [-0.4, -0.2) is 163 Å². The number of β-amino-alcohol motifs (C(OH)–C–C–N with tert-alkyl or cyclic N) is 1. The summed E-state index contributed by atoms with van der Waals surface area (Å²) >= 11 is 0. The van der Waals surface area contributed by atoms with Gasteiger partial charge in [0.05, 0.1) is 23.5 Å². The van der Waals surface area contributed by atoms with Crippen LogP contribution in [0.3, 0.4) is 0 Å². The number of aryl methyl sites for hydroxylation is 1. The van der Waals surface area contributed by atoms with Crippen LogP contribution in [0.15, 0.2) is 95.9 Å². The normalized spacial score (nSPS) is 21.0. The third-order valence-corrected chi connectivity index (χ3v) is 15.1. The van der Waals surface area contributed by atoms with Gasteiger partial charge in [0.1, 0.15) is 36.7 Å². The van der Waals surface area contributed by atoms with E-state index in [-0.39, 0.29) is 54.6 Å². The summed E-state index contributed by atoms with van der Waals surface area (Å²) in [6.07, 6.45) is 6.92. The fourth-order valence-electron chi connectivity index (χ4n) is 11.1. The van der Waals surface area contributed by atoms with Crippen LogP contribution in [-0.2, 0) is 9.59 Å². The third kappa shape index (κ3) is 11.0. The number of aliphatic hydroxyl groups excluding tert-OH is 1. The molecular weight excluding hydrogens is 943 g/mol. The number of imidazole rings is 1. The number of fused-ring (bicyclic) bond motifs is 2. The number of piperazine rings is 2. The number of pyridine rings is 1. The molecule has 6 aromatic rings. The number of aliphatic hydroxyl groups is 1. The zero-order chi connectivity index (χ0) is 51.5. The summed E-state index contributed by atoms with van der Waals surface area (Å²) in [4.78, 5) is 47.9. The third-order valence-electron chi connectivity index (χ3n) is 15.1. The minimum absolute atomic E-state index is 0.0480. The molecule has 0 spiro atoms. The maximum atomic E-state index is 14.2. The van der Waals surface area contributed by atoms with E-state index in [1.807, 2.05) is 87.1 Å². The standard InChI is InChI=1S/C54H67N13O7/c1-34(2)51(54(71)66-33-42(68)28-46(66)53(70)58-35(3)37-9-11-38(12-10-37)65-18-17-56-36(65)4)48-30-50(61-74-48)73-26-24-63-21-19-62(20-22-63)23-25-72-49-27-39(15-16-57-49)67-40-13-14-41(67)32-64(31-40)45-29-44(59-60-52(45)55)43-7-5-6-8-47(43)69/h5-12,15-18,27,29-30,34-35,40-42,46,51,68-69H,13-14,19-26,28,31-33H2,1-4H3,(H2,55,60)(H,58,70)/t35-,40?,41?,42+,46-,51+/m0/s1. The van der Waals surface area contributed by atoms with Crippen LogP contribution in [0.25, 0.3) is 16.9 Å². The van der Waals surface area contributed by atoms with Crippen LogP contribution in [0, 0.1) is 12.8 Å². The van der Waals surface area contributed by atoms with E-state index in [1.165, 1.54) is 4.90 Å². The van der Waals surface area contributed by atoms with Crippen molar-refractivity contribution < 1.29 is 33.8 Å². The molecule has 0 aliphatic carbocycles. The molecule has 74 heavy (non-hydrogen) atoms. The molecule has 2 amide bonds. The fourth-order valence-corrected chi connectivity index (χ4v) is 11.1. The number of nitrogen functional groups attached to an aromatic ring is 1. The van der Waals surface area contributed by atoms with E-state index >= 15 is 0 Å². The average molecular weight is 1010 g/mol. The van der Waals surface area contributed by atoms with Crippen LogP contribution in [0.2, 0.25) is 0 Å². The second-order valence-electron chi connectivity index (χ2n) is 20.3. The lowest BCUT2D eigenvalue weighted by Gasteiger charge is -2.43. The maximum absolute atomic E-state index is 14.2. The maximum Gasteiger partial charge on any atom is 0.254 e. The van der Waals surface area contributed by atoms with Crippen molar-refractivity contribution in [2.75, 3.05) is 87.7 Å². The van der Waals surface area contributed by atoms with Gasteiger partial charge in [-0.25, -0.2) is 9.97 Å². The van der Waals surface area contributed by atoms with Crippen molar-refractivity contribution in [3.63, 3.8) is 0 Å². The molecule has 2 bridgehead atoms. The smallest absolute Gasteiger partial charge is 0.254 e. The number of nitrogens with two attached hydrogens (primary N) is 1. The van der Waals surface area contributed by atoms with Crippen molar-refractivity contribution in [2.45, 2.75) is 83.1 Å². The summed E-state index contributed by atoms with van der Waals surface area (Å²) < 4.78 is 20.0. The van der Waals surface area contributed by atoms with Crippen molar-refractivity contribution in [1.82, 2.24) is 49.9 Å². The molecule has 20 heteroatoms. The van der Waals surface area contributed by atoms with Gasteiger partial charge in [-0.1, -0.05) is 38.1 Å². The van der Waals surface area contributed by atoms with Crippen LogP contribution in [0.5, 0.6) is 17.5 Å². The van der Waals surface area contributed by atoms with Gasteiger partial charge in [-0.05, 0) is 79.7 Å². The zero-order valence-corrected chi connectivity index (χ0v) is 42.5. The zero-order valence-electron chi connectivity index (χ0n) is 42.5. The lowest BCUT2D eigenvalue weighted by molar-refractivity contribution is -0.141. The van der Waals surface area contributed by atoms with Gasteiger partial charge in [-0.15, -0.1) is 10.2 Å². The van der Waals surface area contributed by atoms with E-state index in [0.29, 0.717) is 54.4 Å². The molecular formula is C54H67N13O7. The second kappa shape index (κ2) is 22.0. The first-order valence-corrected chi connectivity index (χ1v) is 25.8. The van der Waals surface area contributed by atoms with Crippen molar-refractivity contribution >= 4 is 29.0 Å². The Hall–Kier alpha value is -7.29. The van der Waals surface area contributed by atoms with Crippen molar-refractivity contribution in [3.05, 3.63) is 109 Å². The van der Waals surface area contributed by atoms with Gasteiger partial charge in [-0.3, -0.25) is 19.4 Å². The van der Waals surface area contributed by atoms with Crippen LogP contribution < -0.4 is 30.3 Å². The molecule has 4 fully saturated rings. The van der Waals surface area contributed by atoms with E-state index in [2.05, 4.69) is 62.4 Å². The molecule has 2 unspecified atom stereocenters. The number of nitrogens with one attached hydrogen (secondary N) is 1. The van der Waals surface area contributed by atoms with E-state index in [9.17, 15) is 19.8 Å². The minimum atomic E-state index is -0.836. The first-order valence-electron chi connectivity index (χ1n) is 25.8. The number of aromatic hydroxyl groups is 1. The minimum Gasteiger partial charge on any atom is -0.507 e. The van der Waals surface area contributed by atoms with Gasteiger partial charge in [0.15, 0.2) is 11.6 Å². The number of rotatable bonds is 18. The molecule has 2 aromatic carbocycles. The van der Waals surface area contributed by atoms with Gasteiger partial charge in [0.25, 0.3) is 5.88 Å². The van der Waals surface area contributed by atoms with Gasteiger partial charge in [0.2, 0.25) is 17.7 Å². The molecule has 0 radical (unpaired) electrons. The van der Waals surface area contributed by atoms with E-state index in [4.69, 9.17) is 19.7 Å². The summed E-state index contributed by atoms with van der Waals surface area (Å²) in [5.74, 6) is 1.15. The highest BCUT2D eigenvalue weighted by atomic mass is 16.5. The lowest BCUT2D eigenvalue weighted by Crippen LogP contribution is -2.54. The predicted octanol–water partition coefficient (Wildman–Crippen LogP) is 4.82. The molecule has 4 aliphatic rings. The Morgan fingerprint density at radius 3 is 2.22 bits per heavy atom. The molecule has 6 atom stereocenters. The SMILES string of the molecule is Cc1nccn1-c1ccc([C@H](C)NC(=O)[C@@H]2C[C@@H](O)CN2C(=O)[C@@H](c2cc(OCCN3CCN(CCOc4cc(N5C6CCC5CN(c5cc(-c7ccccc7O)nnc5N)C6)ccn4)CC3)no2)C(C)C)cc1. The Bertz CT molecular complexity index is 2870. The number of anilines is 3. The number of benzene rings is 2. The van der Waals surface area contributed by atoms with Crippen molar-refractivity contribution in [1.29, 1.82) is 0 Å². The summed E-state index contributed by atoms with van der Waals surface area (Å²) in [5.41, 5.74) is 11.4. The summed E-state index contributed by atoms with van der Waals surface area (Å²) in [5, 5.41) is 36.9. The highest BCUT2D eigenvalue weighted by molar-refractivity contribution is 5.91. The summed E-state index contributed by atoms with van der Waals surface area (Å²) in [7, 11) is 0. The van der Waals surface area contributed by atoms with Gasteiger partial charge in [-0.2, -0.15) is 0 Å². The first-order chi connectivity index (χ1) is 35.9. The van der Waals surface area contributed by atoms with E-state index in [1.54, 1.807) is 24.4 Å². The summed E-state index contributed by atoms with van der Waals surface area (Å²) in [6.45, 7) is 15.3. The highest BCUT2D eigenvalue weighted by Gasteiger charge is 2.44. The monoisotopic (exact) mass is 1010 g/mol. The topological polar surface area (TPSA) is 230 Å². The number of hydrogen-bond acceptors (Lipinski definition) is 17. The van der Waals surface area contributed by atoms with Crippen molar-refractivity contribution in [3.8, 4) is 34.5 Å². The number of hydrogen-bond donors (Lipinski definition) is 4. The van der Waals surface area contributed by atoms with Crippen LogP contribution >= 0.6 is 0 Å². The molecule has 0 saturated carbocycles. The largest absolute Gasteiger partial charge is 0.507 e. The molecule has 10 rings (SSSR count). The number of phenols is 1. The lowest BCUT2D eigenvalue weighted by atomic mass is 9.91. The number of aromatic nitrogens is 6. The highest BCUT2D eigenvalue weighted by Crippen LogP contribution is 2.40. The van der Waals surface area contributed by atoms with E-state index in [0.717, 1.165) is 87.1 Å². The van der Waals surface area contributed by atoms with Crippen molar-refractivity contribution in [2.24, 2.45) is 5.92 Å². The molecule has 8 heterocycles. The van der Waals surface area contributed by atoms with Gasteiger partial charge >= 0.3 is 0 Å². The second-order valence-corrected chi connectivity index (χ2v) is 20.3. The molecule has 4 aliphatic heterocycles. The number of carbonyl (C=O) groups excluding carboxylic acids is 2. The molecule has 4 aromatic heterocycles. The Morgan fingerprint density at radius 1 is 0.838 bits per heavy atom. The van der Waals surface area contributed by atoms with Crippen LogP contribution in [0.4, 0.5) is 17.2 Å². The number of amides is 2. The number of nitrogens with zero attached hydrogens (tertiary/aromatic N) is 11. The molecule has 5 N–H and O–H groups in total. The Morgan fingerprint density at radius 2 is 1.54 bits per heavy atom. The van der Waals surface area contributed by atoms with Crippen LogP contribution in [0.1, 0.15) is 69.1 Å². The number of para-hydroxylation sites is 1. The Balaban J connectivity index is 0.655. The molecule has 390 valence electrons. The quantitative estimate of drug-likeness (QED) is 0.0905. The molecule has 20 nitrogen and oxygen atoms in total. The fraction of sp³-hybridized carbons (Fsp3) is 0.463. The number of ether oxygens (including phenoxy) is 2. The van der Waals surface area contributed by atoms with Gasteiger partial charge < -0.3 is 54.5 Å².